The maximum absolute atomic E-state index is 12.5. The summed E-state index contributed by atoms with van der Waals surface area (Å²) in [7, 11) is 0. The van der Waals surface area contributed by atoms with Crippen LogP contribution < -0.4 is 10.1 Å². The maximum atomic E-state index is 12.5. The molecule has 2 amide bonds. The van der Waals surface area contributed by atoms with E-state index in [1.807, 2.05) is 11.4 Å². The highest BCUT2D eigenvalue weighted by Gasteiger charge is 2.28. The number of rotatable bonds is 6. The minimum atomic E-state index is -2.93. The average Bonchev–Trinajstić information content (AvgIpc) is 3.22. The number of ether oxygens (including phenoxy) is 1. The molecule has 1 aliphatic heterocycles. The molecule has 0 aliphatic carbocycles. The number of thiophene rings is 1. The van der Waals surface area contributed by atoms with Crippen LogP contribution in [0.25, 0.3) is 0 Å². The third-order valence-corrected chi connectivity index (χ3v) is 5.93. The number of nitrogens with one attached hydrogen (secondary N) is 1. The molecule has 3 rings (SSSR count). The number of benzene rings is 1. The molecular formula is C19H19BrF2N2O3S. The van der Waals surface area contributed by atoms with Crippen molar-refractivity contribution >= 4 is 39.1 Å². The molecule has 0 unspecified atom stereocenters. The van der Waals surface area contributed by atoms with Crippen LogP contribution >= 0.6 is 27.3 Å². The summed E-state index contributed by atoms with van der Waals surface area (Å²) in [6, 6.07) is 8.31. The highest BCUT2D eigenvalue weighted by atomic mass is 79.9. The van der Waals surface area contributed by atoms with Gasteiger partial charge in [-0.2, -0.15) is 8.78 Å². The van der Waals surface area contributed by atoms with E-state index in [-0.39, 0.29) is 30.0 Å². The zero-order chi connectivity index (χ0) is 20.1. The van der Waals surface area contributed by atoms with Gasteiger partial charge < -0.3 is 15.0 Å². The second-order valence-electron chi connectivity index (χ2n) is 6.39. The summed E-state index contributed by atoms with van der Waals surface area (Å²) >= 11 is 4.69. The van der Waals surface area contributed by atoms with Gasteiger partial charge in [0, 0.05) is 35.6 Å². The number of alkyl halides is 2. The molecule has 9 heteroatoms. The summed E-state index contributed by atoms with van der Waals surface area (Å²) in [5.41, 5.74) is 0.466. The lowest BCUT2D eigenvalue weighted by atomic mass is 9.95. The summed E-state index contributed by atoms with van der Waals surface area (Å²) in [6.07, 6.45) is 1.14. The SMILES string of the molecule is O=C(NCc1cc(Br)ccc1OC(F)F)C1CCN(C(=O)c2cccs2)CC1. The van der Waals surface area contributed by atoms with Gasteiger partial charge >= 0.3 is 6.61 Å². The van der Waals surface area contributed by atoms with E-state index in [0.717, 1.165) is 0 Å². The van der Waals surface area contributed by atoms with Gasteiger partial charge in [0.2, 0.25) is 5.91 Å². The molecule has 1 fully saturated rings. The lowest BCUT2D eigenvalue weighted by Gasteiger charge is -2.31. The van der Waals surface area contributed by atoms with Crippen LogP contribution in [0, 0.1) is 5.92 Å². The zero-order valence-corrected chi connectivity index (χ0v) is 17.3. The van der Waals surface area contributed by atoms with Crippen molar-refractivity contribution in [3.63, 3.8) is 0 Å². The van der Waals surface area contributed by atoms with Gasteiger partial charge in [-0.15, -0.1) is 11.3 Å². The van der Waals surface area contributed by atoms with Crippen LogP contribution in [0.3, 0.4) is 0 Å². The topological polar surface area (TPSA) is 58.6 Å². The number of carbonyl (C=O) groups excluding carboxylic acids is 2. The van der Waals surface area contributed by atoms with E-state index >= 15 is 0 Å². The van der Waals surface area contributed by atoms with Gasteiger partial charge in [0.1, 0.15) is 5.75 Å². The Bertz CT molecular complexity index is 825. The Morgan fingerprint density at radius 3 is 2.68 bits per heavy atom. The fraction of sp³-hybridized carbons (Fsp3) is 0.368. The Hall–Kier alpha value is -2.00. The van der Waals surface area contributed by atoms with E-state index in [1.54, 1.807) is 23.1 Å². The normalized spacial score (nSPS) is 14.9. The smallest absolute Gasteiger partial charge is 0.387 e. The predicted molar refractivity (Wildman–Crippen MR) is 106 cm³/mol. The number of hydrogen-bond acceptors (Lipinski definition) is 4. The molecule has 1 N–H and O–H groups in total. The van der Waals surface area contributed by atoms with E-state index in [1.165, 1.54) is 17.4 Å². The van der Waals surface area contributed by atoms with Crippen molar-refractivity contribution in [2.75, 3.05) is 13.1 Å². The number of amides is 2. The first-order valence-electron chi connectivity index (χ1n) is 8.78. The molecular weight excluding hydrogens is 454 g/mol. The molecule has 2 aromatic rings. The second kappa shape index (κ2) is 9.47. The van der Waals surface area contributed by atoms with Gasteiger partial charge in [-0.3, -0.25) is 9.59 Å². The number of nitrogens with zero attached hydrogens (tertiary/aromatic N) is 1. The summed E-state index contributed by atoms with van der Waals surface area (Å²) in [4.78, 5) is 27.3. The largest absolute Gasteiger partial charge is 0.434 e. The molecule has 0 atom stereocenters. The Balaban J connectivity index is 1.53. The van der Waals surface area contributed by atoms with Crippen molar-refractivity contribution < 1.29 is 23.1 Å². The quantitative estimate of drug-likeness (QED) is 0.682. The van der Waals surface area contributed by atoms with Crippen molar-refractivity contribution in [1.29, 1.82) is 0 Å². The zero-order valence-electron chi connectivity index (χ0n) is 14.9. The molecule has 1 aromatic carbocycles. The van der Waals surface area contributed by atoms with Crippen LogP contribution in [0.2, 0.25) is 0 Å². The summed E-state index contributed by atoms with van der Waals surface area (Å²) < 4.78 is 30.3. The first-order valence-corrected chi connectivity index (χ1v) is 10.4. The molecule has 1 aliphatic rings. The van der Waals surface area contributed by atoms with E-state index in [9.17, 15) is 18.4 Å². The fourth-order valence-electron chi connectivity index (χ4n) is 3.12. The average molecular weight is 473 g/mol. The van der Waals surface area contributed by atoms with Crippen LogP contribution in [-0.2, 0) is 11.3 Å². The lowest BCUT2D eigenvalue weighted by molar-refractivity contribution is -0.126. The molecule has 0 spiro atoms. The number of likely N-dealkylation sites (tertiary alicyclic amines) is 1. The Kier molecular flexibility index (Phi) is 7.01. The number of piperidine rings is 1. The molecule has 5 nitrogen and oxygen atoms in total. The van der Waals surface area contributed by atoms with E-state index in [2.05, 4.69) is 26.0 Å². The molecule has 0 radical (unpaired) electrons. The van der Waals surface area contributed by atoms with Crippen LogP contribution in [0.15, 0.2) is 40.2 Å². The monoisotopic (exact) mass is 472 g/mol. The summed E-state index contributed by atoms with van der Waals surface area (Å²) in [5.74, 6) is -0.322. The van der Waals surface area contributed by atoms with E-state index in [0.29, 0.717) is 40.8 Å². The van der Waals surface area contributed by atoms with Crippen molar-refractivity contribution in [1.82, 2.24) is 10.2 Å². The van der Waals surface area contributed by atoms with E-state index in [4.69, 9.17) is 0 Å². The Morgan fingerprint density at radius 2 is 2.04 bits per heavy atom. The molecule has 2 heterocycles. The first-order chi connectivity index (χ1) is 13.4. The molecule has 0 saturated carbocycles. The third-order valence-electron chi connectivity index (χ3n) is 4.58. The van der Waals surface area contributed by atoms with Crippen molar-refractivity contribution in [3.05, 3.63) is 50.6 Å². The molecule has 150 valence electrons. The van der Waals surface area contributed by atoms with Crippen molar-refractivity contribution in [3.8, 4) is 5.75 Å². The number of halogens is 3. The Morgan fingerprint density at radius 1 is 1.29 bits per heavy atom. The number of carbonyl (C=O) groups is 2. The van der Waals surface area contributed by atoms with Gasteiger partial charge in [-0.05, 0) is 42.5 Å². The third kappa shape index (κ3) is 5.29. The highest BCUT2D eigenvalue weighted by molar-refractivity contribution is 9.10. The molecule has 1 saturated heterocycles. The minimum absolute atomic E-state index is 0.00298. The lowest BCUT2D eigenvalue weighted by Crippen LogP contribution is -2.42. The Labute approximate surface area is 173 Å². The van der Waals surface area contributed by atoms with E-state index < -0.39 is 6.61 Å². The predicted octanol–water partition coefficient (Wildman–Crippen LogP) is 4.28. The fourth-order valence-corrected chi connectivity index (χ4v) is 4.22. The first kappa shape index (κ1) is 20.7. The maximum Gasteiger partial charge on any atom is 0.387 e. The van der Waals surface area contributed by atoms with Gasteiger partial charge in [0.15, 0.2) is 0 Å². The highest BCUT2D eigenvalue weighted by Crippen LogP contribution is 2.25. The number of hydrogen-bond donors (Lipinski definition) is 1. The second-order valence-corrected chi connectivity index (χ2v) is 8.26. The van der Waals surface area contributed by atoms with Gasteiger partial charge in [-0.1, -0.05) is 22.0 Å². The molecule has 28 heavy (non-hydrogen) atoms. The van der Waals surface area contributed by atoms with Crippen molar-refractivity contribution in [2.24, 2.45) is 5.92 Å². The molecule has 0 bridgehead atoms. The standard InChI is InChI=1S/C19H19BrF2N2O3S/c20-14-3-4-15(27-19(21)22)13(10-14)11-23-17(25)12-5-7-24(8-6-12)18(26)16-2-1-9-28-16/h1-4,9-10,12,19H,5-8,11H2,(H,23,25). The van der Waals surface area contributed by atoms with Gasteiger partial charge in [0.25, 0.3) is 5.91 Å². The minimum Gasteiger partial charge on any atom is -0.434 e. The van der Waals surface area contributed by atoms with Gasteiger partial charge in [0.05, 0.1) is 4.88 Å². The van der Waals surface area contributed by atoms with Crippen LogP contribution in [-0.4, -0.2) is 36.4 Å². The van der Waals surface area contributed by atoms with Crippen LogP contribution in [0.5, 0.6) is 5.75 Å². The van der Waals surface area contributed by atoms with Crippen molar-refractivity contribution in [2.45, 2.75) is 26.0 Å². The van der Waals surface area contributed by atoms with Crippen LogP contribution in [0.4, 0.5) is 8.78 Å². The molecule has 1 aromatic heterocycles. The van der Waals surface area contributed by atoms with Crippen LogP contribution in [0.1, 0.15) is 28.1 Å². The van der Waals surface area contributed by atoms with Gasteiger partial charge in [-0.25, -0.2) is 0 Å². The summed E-state index contributed by atoms with van der Waals surface area (Å²) in [6.45, 7) is -1.80. The summed E-state index contributed by atoms with van der Waals surface area (Å²) in [5, 5.41) is 4.66.